The number of rotatable bonds is 6. The average Bonchev–Trinajstić information content (AvgIpc) is 3.18. The Bertz CT molecular complexity index is 601. The maximum Gasteiger partial charge on any atom is 0.160 e. The zero-order chi connectivity index (χ0) is 14.1. The van der Waals surface area contributed by atoms with E-state index in [9.17, 15) is 0 Å². The van der Waals surface area contributed by atoms with E-state index in [1.54, 1.807) is 0 Å². The van der Waals surface area contributed by atoms with Crippen molar-refractivity contribution < 1.29 is 0 Å². The van der Waals surface area contributed by atoms with Gasteiger partial charge in [-0.15, -0.1) is 11.6 Å². The highest BCUT2D eigenvalue weighted by Gasteiger charge is 2.27. The summed E-state index contributed by atoms with van der Waals surface area (Å²) in [5.41, 5.74) is 3.10. The summed E-state index contributed by atoms with van der Waals surface area (Å²) in [6, 6.07) is 4.63. The van der Waals surface area contributed by atoms with Crippen LogP contribution in [0.2, 0.25) is 0 Å². The van der Waals surface area contributed by atoms with E-state index in [4.69, 9.17) is 21.6 Å². The molecule has 0 N–H and O–H groups in total. The van der Waals surface area contributed by atoms with E-state index in [0.717, 1.165) is 41.4 Å². The molecule has 1 unspecified atom stereocenters. The minimum atomic E-state index is 0.514. The lowest BCUT2D eigenvalue weighted by atomic mass is 10.1. The minimum Gasteiger partial charge on any atom is -0.310 e. The highest BCUT2D eigenvalue weighted by Crippen LogP contribution is 2.39. The predicted octanol–water partition coefficient (Wildman–Crippen LogP) is 4.27. The fourth-order valence-corrected chi connectivity index (χ4v) is 3.12. The average molecular weight is 292 g/mol. The number of hydrogen-bond donors (Lipinski definition) is 0. The molecule has 1 aliphatic rings. The Morgan fingerprint density at radius 1 is 1.35 bits per heavy atom. The summed E-state index contributed by atoms with van der Waals surface area (Å²) in [7, 11) is 0. The summed E-state index contributed by atoms with van der Waals surface area (Å²) in [6.07, 6.45) is 5.98. The molecule has 1 atom stereocenters. The molecule has 0 bridgehead atoms. The number of halogens is 1. The Morgan fingerprint density at radius 2 is 2.15 bits per heavy atom. The SMILES string of the molecule is CCC(CC1CC1)n1c(CCCl)nc2ccc(C)nc21. The molecule has 2 aromatic heterocycles. The molecule has 0 amide bonds. The van der Waals surface area contributed by atoms with E-state index in [1.165, 1.54) is 19.3 Å². The molecule has 0 aliphatic heterocycles. The molecular weight excluding hydrogens is 270 g/mol. The first kappa shape index (κ1) is 13.9. The summed E-state index contributed by atoms with van der Waals surface area (Å²) < 4.78 is 2.36. The standard InChI is InChI=1S/C16H22ClN3/c1-3-13(10-12-5-6-12)20-15(8-9-17)19-14-7-4-11(2)18-16(14)20/h4,7,12-13H,3,5-6,8-10H2,1-2H3. The van der Waals surface area contributed by atoms with Crippen molar-refractivity contribution in [2.45, 2.75) is 52.0 Å². The number of aryl methyl sites for hydroxylation is 2. The van der Waals surface area contributed by atoms with Gasteiger partial charge in [-0.05, 0) is 37.8 Å². The quantitative estimate of drug-likeness (QED) is 0.744. The van der Waals surface area contributed by atoms with E-state index in [1.807, 2.05) is 13.0 Å². The first-order valence-electron chi connectivity index (χ1n) is 7.63. The van der Waals surface area contributed by atoms with Crippen molar-refractivity contribution in [3.63, 3.8) is 0 Å². The second-order valence-electron chi connectivity index (χ2n) is 5.87. The van der Waals surface area contributed by atoms with Crippen LogP contribution in [-0.4, -0.2) is 20.4 Å². The van der Waals surface area contributed by atoms with Gasteiger partial charge in [-0.3, -0.25) is 0 Å². The van der Waals surface area contributed by atoms with E-state index in [0.29, 0.717) is 11.9 Å². The van der Waals surface area contributed by atoms with Crippen LogP contribution < -0.4 is 0 Å². The molecule has 1 aliphatic carbocycles. The summed E-state index contributed by atoms with van der Waals surface area (Å²) in [4.78, 5) is 9.49. The van der Waals surface area contributed by atoms with Crippen molar-refractivity contribution in [1.29, 1.82) is 0 Å². The van der Waals surface area contributed by atoms with Crippen molar-refractivity contribution in [2.24, 2.45) is 5.92 Å². The van der Waals surface area contributed by atoms with Crippen LogP contribution in [0.4, 0.5) is 0 Å². The molecule has 2 aromatic rings. The third-order valence-corrected chi connectivity index (χ3v) is 4.40. The van der Waals surface area contributed by atoms with Gasteiger partial charge >= 0.3 is 0 Å². The topological polar surface area (TPSA) is 30.7 Å². The lowest BCUT2D eigenvalue weighted by molar-refractivity contribution is 0.425. The van der Waals surface area contributed by atoms with Crippen LogP contribution in [0, 0.1) is 12.8 Å². The lowest BCUT2D eigenvalue weighted by Gasteiger charge is -2.19. The zero-order valence-electron chi connectivity index (χ0n) is 12.3. The Hall–Kier alpha value is -1.09. The first-order valence-corrected chi connectivity index (χ1v) is 8.16. The number of nitrogens with zero attached hydrogens (tertiary/aromatic N) is 3. The Morgan fingerprint density at radius 3 is 2.80 bits per heavy atom. The zero-order valence-corrected chi connectivity index (χ0v) is 13.0. The fourth-order valence-electron chi connectivity index (χ4n) is 2.95. The van der Waals surface area contributed by atoms with Crippen LogP contribution in [0.1, 0.15) is 50.2 Å². The van der Waals surface area contributed by atoms with E-state index >= 15 is 0 Å². The maximum atomic E-state index is 5.96. The van der Waals surface area contributed by atoms with Crippen LogP contribution in [0.15, 0.2) is 12.1 Å². The van der Waals surface area contributed by atoms with Gasteiger partial charge in [-0.25, -0.2) is 9.97 Å². The van der Waals surface area contributed by atoms with Crippen LogP contribution in [0.3, 0.4) is 0 Å². The van der Waals surface area contributed by atoms with Crippen LogP contribution in [0.5, 0.6) is 0 Å². The van der Waals surface area contributed by atoms with Gasteiger partial charge in [-0.2, -0.15) is 0 Å². The third kappa shape index (κ3) is 2.69. The number of pyridine rings is 1. The summed E-state index contributed by atoms with van der Waals surface area (Å²) in [6.45, 7) is 4.30. The van der Waals surface area contributed by atoms with Crippen LogP contribution in [0.25, 0.3) is 11.2 Å². The number of aromatic nitrogens is 3. The molecule has 3 nitrogen and oxygen atoms in total. The molecule has 0 aromatic carbocycles. The van der Waals surface area contributed by atoms with Gasteiger partial charge in [0.1, 0.15) is 11.3 Å². The van der Waals surface area contributed by atoms with Crippen molar-refractivity contribution >= 4 is 22.8 Å². The number of hydrogen-bond acceptors (Lipinski definition) is 2. The number of fused-ring (bicyclic) bond motifs is 1. The van der Waals surface area contributed by atoms with Crippen molar-refractivity contribution in [3.8, 4) is 0 Å². The monoisotopic (exact) mass is 291 g/mol. The van der Waals surface area contributed by atoms with Gasteiger partial charge in [0.2, 0.25) is 0 Å². The molecule has 2 heterocycles. The highest BCUT2D eigenvalue weighted by molar-refractivity contribution is 6.17. The van der Waals surface area contributed by atoms with Gasteiger partial charge in [0, 0.05) is 24.0 Å². The van der Waals surface area contributed by atoms with Gasteiger partial charge in [0.25, 0.3) is 0 Å². The molecule has 1 saturated carbocycles. The van der Waals surface area contributed by atoms with Crippen molar-refractivity contribution in [1.82, 2.24) is 14.5 Å². The molecule has 108 valence electrons. The smallest absolute Gasteiger partial charge is 0.160 e. The molecule has 20 heavy (non-hydrogen) atoms. The molecule has 1 fully saturated rings. The van der Waals surface area contributed by atoms with Gasteiger partial charge < -0.3 is 4.57 Å². The fraction of sp³-hybridized carbons (Fsp3) is 0.625. The first-order chi connectivity index (χ1) is 9.72. The molecule has 3 rings (SSSR count). The molecule has 0 radical (unpaired) electrons. The third-order valence-electron chi connectivity index (χ3n) is 4.21. The van der Waals surface area contributed by atoms with Crippen LogP contribution >= 0.6 is 11.6 Å². The van der Waals surface area contributed by atoms with Gasteiger partial charge in [0.15, 0.2) is 5.65 Å². The number of imidazole rings is 1. The Kier molecular flexibility index (Phi) is 3.97. The second kappa shape index (κ2) is 5.72. The summed E-state index contributed by atoms with van der Waals surface area (Å²) >= 11 is 5.96. The normalized spacial score (nSPS) is 16.8. The van der Waals surface area contributed by atoms with E-state index < -0.39 is 0 Å². The van der Waals surface area contributed by atoms with Gasteiger partial charge in [0.05, 0.1) is 0 Å². The molecule has 0 spiro atoms. The maximum absolute atomic E-state index is 5.96. The Labute approximate surface area is 125 Å². The van der Waals surface area contributed by atoms with Crippen molar-refractivity contribution in [3.05, 3.63) is 23.7 Å². The van der Waals surface area contributed by atoms with Crippen molar-refractivity contribution in [2.75, 3.05) is 5.88 Å². The summed E-state index contributed by atoms with van der Waals surface area (Å²) in [5, 5.41) is 0. The minimum absolute atomic E-state index is 0.514. The Balaban J connectivity index is 2.07. The lowest BCUT2D eigenvalue weighted by Crippen LogP contribution is -2.14. The predicted molar refractivity (Wildman–Crippen MR) is 83.4 cm³/mol. The highest BCUT2D eigenvalue weighted by atomic mass is 35.5. The van der Waals surface area contributed by atoms with E-state index in [-0.39, 0.29) is 0 Å². The largest absolute Gasteiger partial charge is 0.310 e. The molecular formula is C16H22ClN3. The number of alkyl halides is 1. The van der Waals surface area contributed by atoms with E-state index in [2.05, 4.69) is 17.6 Å². The van der Waals surface area contributed by atoms with Gasteiger partial charge in [-0.1, -0.05) is 19.8 Å². The second-order valence-corrected chi connectivity index (χ2v) is 6.25. The molecule has 4 heteroatoms. The van der Waals surface area contributed by atoms with Crippen LogP contribution in [-0.2, 0) is 6.42 Å². The molecule has 0 saturated heterocycles. The summed E-state index contributed by atoms with van der Waals surface area (Å²) in [5.74, 6) is 2.62.